The van der Waals surface area contributed by atoms with Gasteiger partial charge in [-0.3, -0.25) is 14.5 Å². The van der Waals surface area contributed by atoms with Crippen LogP contribution in [0.1, 0.15) is 39.2 Å². The third-order valence-electron chi connectivity index (χ3n) is 5.40. The van der Waals surface area contributed by atoms with Crippen LogP contribution >= 0.6 is 11.8 Å². The van der Waals surface area contributed by atoms with Crippen molar-refractivity contribution in [2.75, 3.05) is 18.1 Å². The third kappa shape index (κ3) is 3.62. The van der Waals surface area contributed by atoms with Gasteiger partial charge in [-0.05, 0) is 41.7 Å². The number of thioether (sulfide) groups is 1. The van der Waals surface area contributed by atoms with E-state index >= 15 is 0 Å². The lowest BCUT2D eigenvalue weighted by atomic mass is 9.87. The Kier molecular flexibility index (Phi) is 5.07. The highest BCUT2D eigenvalue weighted by atomic mass is 32.2. The van der Waals surface area contributed by atoms with E-state index in [9.17, 15) is 9.59 Å². The van der Waals surface area contributed by atoms with Crippen LogP contribution in [0.4, 0.5) is 5.69 Å². The van der Waals surface area contributed by atoms with Gasteiger partial charge in [-0.1, -0.05) is 56.8 Å². The summed E-state index contributed by atoms with van der Waals surface area (Å²) in [7, 11) is 0. The minimum absolute atomic E-state index is 0.00721. The number of amides is 2. The Hall–Kier alpha value is -2.47. The normalized spacial score (nSPS) is 20.4. The first-order valence-electron chi connectivity index (χ1n) is 9.94. The number of carbonyl (C=O) groups excluding carboxylic acids is 2. The van der Waals surface area contributed by atoms with Gasteiger partial charge in [-0.2, -0.15) is 0 Å². The molecule has 2 heterocycles. The number of carbonyl (C=O) groups is 2. The summed E-state index contributed by atoms with van der Waals surface area (Å²) in [5, 5.41) is 2.97. The van der Waals surface area contributed by atoms with Gasteiger partial charge in [0.25, 0.3) is 5.91 Å². The van der Waals surface area contributed by atoms with Crippen LogP contribution in [0, 0.1) is 0 Å². The Morgan fingerprint density at radius 1 is 1.17 bits per heavy atom. The molecule has 2 aliphatic rings. The average Bonchev–Trinajstić information content (AvgIpc) is 3.20. The summed E-state index contributed by atoms with van der Waals surface area (Å²) in [6.45, 7) is 7.29. The molecule has 2 aromatic carbocycles. The fourth-order valence-electron chi connectivity index (χ4n) is 3.82. The summed E-state index contributed by atoms with van der Waals surface area (Å²) in [5.74, 6) is 0.662. The molecule has 152 valence electrons. The first-order chi connectivity index (χ1) is 13.8. The van der Waals surface area contributed by atoms with Gasteiger partial charge in [0, 0.05) is 11.3 Å². The Morgan fingerprint density at radius 2 is 1.90 bits per heavy atom. The first kappa shape index (κ1) is 19.8. The van der Waals surface area contributed by atoms with Gasteiger partial charge in [-0.25, -0.2) is 0 Å². The SMILES string of the molecule is CC(C)(C)c1ccc(OCCNC(=O)C23CCC(=O)N2c2ccccc2S3)cc1. The van der Waals surface area contributed by atoms with E-state index in [0.29, 0.717) is 26.0 Å². The summed E-state index contributed by atoms with van der Waals surface area (Å²) in [6, 6.07) is 15.8. The maximum Gasteiger partial charge on any atom is 0.257 e. The fourth-order valence-corrected chi connectivity index (χ4v) is 5.26. The van der Waals surface area contributed by atoms with Gasteiger partial charge in [0.2, 0.25) is 5.91 Å². The van der Waals surface area contributed by atoms with E-state index < -0.39 is 4.87 Å². The second-order valence-electron chi connectivity index (χ2n) is 8.46. The predicted octanol–water partition coefficient (Wildman–Crippen LogP) is 4.11. The number of benzene rings is 2. The van der Waals surface area contributed by atoms with Gasteiger partial charge in [-0.15, -0.1) is 0 Å². The van der Waals surface area contributed by atoms with Crippen LogP contribution in [0.15, 0.2) is 53.4 Å². The van der Waals surface area contributed by atoms with Crippen molar-refractivity contribution in [2.45, 2.75) is 48.8 Å². The lowest BCUT2D eigenvalue weighted by molar-refractivity contribution is -0.124. The Labute approximate surface area is 175 Å². The molecule has 1 fully saturated rings. The van der Waals surface area contributed by atoms with E-state index in [0.717, 1.165) is 16.3 Å². The van der Waals surface area contributed by atoms with Crippen LogP contribution in [0.2, 0.25) is 0 Å². The van der Waals surface area contributed by atoms with Crippen LogP contribution in [0.5, 0.6) is 5.75 Å². The van der Waals surface area contributed by atoms with E-state index in [1.807, 2.05) is 36.4 Å². The zero-order valence-corrected chi connectivity index (χ0v) is 17.8. The summed E-state index contributed by atoms with van der Waals surface area (Å²) < 4.78 is 5.78. The third-order valence-corrected chi connectivity index (χ3v) is 6.88. The highest BCUT2D eigenvalue weighted by Gasteiger charge is 2.57. The van der Waals surface area contributed by atoms with Crippen LogP contribution in [0.3, 0.4) is 0 Å². The number of nitrogens with zero attached hydrogens (tertiary/aromatic N) is 1. The van der Waals surface area contributed by atoms with Crippen LogP contribution in [-0.4, -0.2) is 29.8 Å². The van der Waals surface area contributed by atoms with E-state index in [4.69, 9.17) is 4.74 Å². The van der Waals surface area contributed by atoms with Crippen molar-refractivity contribution in [3.8, 4) is 5.75 Å². The topological polar surface area (TPSA) is 58.6 Å². The molecule has 0 spiro atoms. The van der Waals surface area contributed by atoms with Gasteiger partial charge >= 0.3 is 0 Å². The highest BCUT2D eigenvalue weighted by Crippen LogP contribution is 2.55. The van der Waals surface area contributed by atoms with E-state index in [-0.39, 0.29) is 17.2 Å². The molecular weight excluding hydrogens is 384 g/mol. The summed E-state index contributed by atoms with van der Waals surface area (Å²) in [4.78, 5) is 27.3. The largest absolute Gasteiger partial charge is 0.492 e. The van der Waals surface area contributed by atoms with Crippen molar-refractivity contribution >= 4 is 29.3 Å². The lowest BCUT2D eigenvalue weighted by Gasteiger charge is -2.29. The number of ether oxygens (including phenoxy) is 1. The molecule has 2 amide bonds. The smallest absolute Gasteiger partial charge is 0.257 e. The van der Waals surface area contributed by atoms with E-state index in [1.165, 1.54) is 17.3 Å². The lowest BCUT2D eigenvalue weighted by Crippen LogP contribution is -2.53. The van der Waals surface area contributed by atoms with E-state index in [2.05, 4.69) is 38.2 Å². The van der Waals surface area contributed by atoms with Crippen molar-refractivity contribution < 1.29 is 14.3 Å². The maximum absolute atomic E-state index is 13.0. The second kappa shape index (κ2) is 7.41. The molecule has 29 heavy (non-hydrogen) atoms. The zero-order valence-electron chi connectivity index (χ0n) is 17.0. The Morgan fingerprint density at radius 3 is 2.62 bits per heavy atom. The molecule has 0 bridgehead atoms. The molecule has 2 aliphatic heterocycles. The first-order valence-corrected chi connectivity index (χ1v) is 10.8. The Balaban J connectivity index is 1.35. The van der Waals surface area contributed by atoms with Gasteiger partial charge < -0.3 is 10.1 Å². The monoisotopic (exact) mass is 410 g/mol. The number of hydrogen-bond acceptors (Lipinski definition) is 4. The molecule has 0 aromatic heterocycles. The number of anilines is 1. The molecular formula is C23H26N2O3S. The van der Waals surface area contributed by atoms with Gasteiger partial charge in [0.1, 0.15) is 12.4 Å². The highest BCUT2D eigenvalue weighted by molar-refractivity contribution is 8.02. The molecule has 2 aromatic rings. The standard InChI is InChI=1S/C23H26N2O3S/c1-22(2,3)16-8-10-17(11-9-16)28-15-14-24-21(27)23-13-12-20(26)25(23)18-6-4-5-7-19(18)29-23/h4-11H,12-15H2,1-3H3,(H,24,27). The molecule has 0 saturated carbocycles. The number of para-hydroxylation sites is 1. The number of hydrogen-bond donors (Lipinski definition) is 1. The van der Waals surface area contributed by atoms with Crippen molar-refractivity contribution in [3.05, 3.63) is 54.1 Å². The van der Waals surface area contributed by atoms with Crippen LogP contribution in [-0.2, 0) is 15.0 Å². The van der Waals surface area contributed by atoms with Gasteiger partial charge in [0.05, 0.1) is 12.2 Å². The molecule has 5 nitrogen and oxygen atoms in total. The molecule has 1 saturated heterocycles. The van der Waals surface area contributed by atoms with Crippen molar-refractivity contribution in [3.63, 3.8) is 0 Å². The van der Waals surface area contributed by atoms with Crippen LogP contribution in [0.25, 0.3) is 0 Å². The minimum Gasteiger partial charge on any atom is -0.492 e. The Bertz CT molecular complexity index is 936. The van der Waals surface area contributed by atoms with Crippen molar-refractivity contribution in [2.24, 2.45) is 0 Å². The molecule has 1 unspecified atom stereocenters. The van der Waals surface area contributed by atoms with Crippen molar-refractivity contribution in [1.29, 1.82) is 0 Å². The molecule has 0 radical (unpaired) electrons. The van der Waals surface area contributed by atoms with E-state index in [1.54, 1.807) is 4.90 Å². The predicted molar refractivity (Wildman–Crippen MR) is 115 cm³/mol. The quantitative estimate of drug-likeness (QED) is 0.754. The second-order valence-corrected chi connectivity index (χ2v) is 9.78. The van der Waals surface area contributed by atoms with Crippen LogP contribution < -0.4 is 15.0 Å². The summed E-state index contributed by atoms with van der Waals surface area (Å²) in [6.07, 6.45) is 0.914. The minimum atomic E-state index is -0.866. The van der Waals surface area contributed by atoms with Crippen molar-refractivity contribution in [1.82, 2.24) is 5.32 Å². The summed E-state index contributed by atoms with van der Waals surface area (Å²) in [5.41, 5.74) is 2.19. The number of nitrogens with one attached hydrogen (secondary N) is 1. The zero-order chi connectivity index (χ0) is 20.6. The maximum atomic E-state index is 13.0. The molecule has 1 N–H and O–H groups in total. The molecule has 6 heteroatoms. The number of rotatable bonds is 5. The fraction of sp³-hybridized carbons (Fsp3) is 0.391. The van der Waals surface area contributed by atoms with Gasteiger partial charge in [0.15, 0.2) is 4.87 Å². The average molecular weight is 411 g/mol. The molecule has 4 rings (SSSR count). The summed E-state index contributed by atoms with van der Waals surface area (Å²) >= 11 is 1.48. The molecule has 0 aliphatic carbocycles. The number of fused-ring (bicyclic) bond motifs is 3. The molecule has 1 atom stereocenters.